The minimum atomic E-state index is -5.08. The number of ether oxygens (including phenoxy) is 1. The molecule has 1 unspecified atom stereocenters. The highest BCUT2D eigenvalue weighted by molar-refractivity contribution is 7.13. The molecule has 12 heteroatoms. The zero-order chi connectivity index (χ0) is 24.6. The Bertz CT molecular complexity index is 986. The Morgan fingerprint density at radius 2 is 1.94 bits per heavy atom. The second-order valence-electron chi connectivity index (χ2n) is 7.63. The molecule has 1 amide bonds. The molecule has 0 saturated heterocycles. The van der Waals surface area contributed by atoms with Crippen LogP contribution < -0.4 is 15.6 Å². The first-order valence-corrected chi connectivity index (χ1v) is 11.2. The minimum Gasteiger partial charge on any atom is -0.496 e. The van der Waals surface area contributed by atoms with Gasteiger partial charge in [-0.3, -0.25) is 9.59 Å². The summed E-state index contributed by atoms with van der Waals surface area (Å²) in [5.41, 5.74) is 0.515. The third kappa shape index (κ3) is 7.88. The normalized spacial score (nSPS) is 15.2. The van der Waals surface area contributed by atoms with E-state index >= 15 is 0 Å². The Labute approximate surface area is 192 Å². The smallest absolute Gasteiger partial charge is 0.490 e. The first-order valence-electron chi connectivity index (χ1n) is 10.3. The van der Waals surface area contributed by atoms with Gasteiger partial charge in [0.05, 0.1) is 7.11 Å². The van der Waals surface area contributed by atoms with Gasteiger partial charge in [0.25, 0.3) is 5.56 Å². The second kappa shape index (κ2) is 11.8. The summed E-state index contributed by atoms with van der Waals surface area (Å²) < 4.78 is 38.5. The van der Waals surface area contributed by atoms with Crippen LogP contribution in [0, 0.1) is 12.8 Å². The molecule has 182 valence electrons. The quantitative estimate of drug-likeness (QED) is 0.622. The molecule has 2 N–H and O–H groups in total. The number of methoxy groups -OCH3 is 1. The van der Waals surface area contributed by atoms with Crippen LogP contribution in [0.1, 0.15) is 50.3 Å². The number of pyridine rings is 1. The van der Waals surface area contributed by atoms with Gasteiger partial charge in [-0.05, 0) is 25.3 Å². The van der Waals surface area contributed by atoms with Gasteiger partial charge in [0.15, 0.2) is 5.13 Å². The van der Waals surface area contributed by atoms with Crippen molar-refractivity contribution in [3.63, 3.8) is 0 Å². The number of nitrogens with one attached hydrogen (secondary N) is 1. The summed E-state index contributed by atoms with van der Waals surface area (Å²) in [5, 5.41) is 12.4. The molecule has 2 heterocycles. The van der Waals surface area contributed by atoms with Crippen molar-refractivity contribution in [2.75, 3.05) is 12.4 Å². The topological polar surface area (TPSA) is 111 Å². The predicted molar refractivity (Wildman–Crippen MR) is 117 cm³/mol. The molecular formula is C21H26F3N3O5S. The number of amides is 1. The number of rotatable bonds is 6. The molecule has 1 aliphatic rings. The van der Waals surface area contributed by atoms with Crippen molar-refractivity contribution >= 4 is 28.3 Å². The number of halogens is 3. The number of hydrogen-bond donors (Lipinski definition) is 2. The number of aryl methyl sites for hydroxylation is 1. The number of hydrogen-bond acceptors (Lipinski definition) is 6. The van der Waals surface area contributed by atoms with E-state index in [2.05, 4.69) is 10.3 Å². The van der Waals surface area contributed by atoms with Crippen LogP contribution >= 0.6 is 11.3 Å². The van der Waals surface area contributed by atoms with Crippen molar-refractivity contribution in [2.24, 2.45) is 5.92 Å². The maximum Gasteiger partial charge on any atom is 0.490 e. The Balaban J connectivity index is 0.000000479. The van der Waals surface area contributed by atoms with E-state index in [0.29, 0.717) is 23.2 Å². The lowest BCUT2D eigenvalue weighted by Crippen LogP contribution is -2.36. The molecule has 2 aromatic rings. The molecule has 0 radical (unpaired) electrons. The minimum absolute atomic E-state index is 0.180. The fourth-order valence-electron chi connectivity index (χ4n) is 3.74. The third-order valence-electron chi connectivity index (χ3n) is 5.27. The average molecular weight is 490 g/mol. The van der Waals surface area contributed by atoms with Crippen molar-refractivity contribution in [1.29, 1.82) is 0 Å². The summed E-state index contributed by atoms with van der Waals surface area (Å²) in [6.45, 7) is 1.84. The van der Waals surface area contributed by atoms with E-state index in [1.54, 1.807) is 16.8 Å². The Morgan fingerprint density at radius 1 is 1.30 bits per heavy atom. The van der Waals surface area contributed by atoms with Crippen LogP contribution in [0.3, 0.4) is 0 Å². The molecule has 1 saturated carbocycles. The van der Waals surface area contributed by atoms with Crippen LogP contribution in [-0.4, -0.2) is 39.8 Å². The number of carbonyl (C=O) groups is 2. The maximum absolute atomic E-state index is 13.0. The van der Waals surface area contributed by atoms with Gasteiger partial charge in [0.2, 0.25) is 5.91 Å². The van der Waals surface area contributed by atoms with E-state index in [4.69, 9.17) is 14.6 Å². The van der Waals surface area contributed by atoms with Gasteiger partial charge in [-0.25, -0.2) is 9.78 Å². The van der Waals surface area contributed by atoms with Crippen molar-refractivity contribution in [1.82, 2.24) is 9.55 Å². The van der Waals surface area contributed by atoms with Gasteiger partial charge in [0.1, 0.15) is 11.8 Å². The van der Waals surface area contributed by atoms with Gasteiger partial charge in [-0.1, -0.05) is 32.1 Å². The van der Waals surface area contributed by atoms with E-state index in [1.165, 1.54) is 43.8 Å². The lowest BCUT2D eigenvalue weighted by molar-refractivity contribution is -0.192. The number of nitrogens with zero attached hydrogens (tertiary/aromatic N) is 2. The summed E-state index contributed by atoms with van der Waals surface area (Å²) >= 11 is 1.37. The summed E-state index contributed by atoms with van der Waals surface area (Å²) in [6.07, 6.45) is 3.12. The second-order valence-corrected chi connectivity index (χ2v) is 8.52. The van der Waals surface area contributed by atoms with Crippen LogP contribution in [0.4, 0.5) is 18.3 Å². The molecule has 8 nitrogen and oxygen atoms in total. The standard InChI is InChI=1S/C19H25N3O3S.C2HF3O2/c1-13-10-15(25-2)12-17(23)22(13)16(11-14-6-4-3-5-7-14)18(24)21-19-20-8-9-26-19;3-2(4,5)1(6)7/h8-10,12,14,16H,3-7,11H2,1-2H3,(H,20,21,24);(H,6,7). The van der Waals surface area contributed by atoms with Crippen LogP contribution in [0.5, 0.6) is 5.75 Å². The van der Waals surface area contributed by atoms with Gasteiger partial charge >= 0.3 is 12.1 Å². The predicted octanol–water partition coefficient (Wildman–Crippen LogP) is 4.41. The molecule has 1 aliphatic carbocycles. The molecule has 0 aliphatic heterocycles. The molecule has 0 spiro atoms. The largest absolute Gasteiger partial charge is 0.496 e. The van der Waals surface area contributed by atoms with Crippen LogP contribution in [-0.2, 0) is 9.59 Å². The summed E-state index contributed by atoms with van der Waals surface area (Å²) in [7, 11) is 1.53. The van der Waals surface area contributed by atoms with Crippen LogP contribution in [0.2, 0.25) is 0 Å². The number of carbonyl (C=O) groups excluding carboxylic acids is 1. The zero-order valence-electron chi connectivity index (χ0n) is 18.2. The Kier molecular flexibility index (Phi) is 9.44. The van der Waals surface area contributed by atoms with Gasteiger partial charge < -0.3 is 19.7 Å². The lowest BCUT2D eigenvalue weighted by atomic mass is 9.84. The molecule has 1 atom stereocenters. The third-order valence-corrected chi connectivity index (χ3v) is 5.96. The molecule has 0 aromatic carbocycles. The highest BCUT2D eigenvalue weighted by Gasteiger charge is 2.38. The van der Waals surface area contributed by atoms with E-state index in [-0.39, 0.29) is 11.5 Å². The van der Waals surface area contributed by atoms with E-state index in [0.717, 1.165) is 18.5 Å². The van der Waals surface area contributed by atoms with Gasteiger partial charge in [0, 0.05) is 23.3 Å². The zero-order valence-corrected chi connectivity index (χ0v) is 19.0. The SMILES string of the molecule is COc1cc(C)n(C(CC2CCCCC2)C(=O)Nc2nccs2)c(=O)c1.O=C(O)C(F)(F)F. The fourth-order valence-corrected chi connectivity index (χ4v) is 4.27. The number of thiazole rings is 1. The fraction of sp³-hybridized carbons (Fsp3) is 0.524. The summed E-state index contributed by atoms with van der Waals surface area (Å²) in [4.78, 5) is 38.7. The number of aliphatic carboxylic acids is 1. The first kappa shape index (κ1) is 26.4. The molecule has 3 rings (SSSR count). The average Bonchev–Trinajstić information content (AvgIpc) is 3.26. The maximum atomic E-state index is 13.0. The number of carboxylic acids is 1. The van der Waals surface area contributed by atoms with E-state index in [1.807, 2.05) is 12.3 Å². The van der Waals surface area contributed by atoms with Crippen molar-refractivity contribution < 1.29 is 32.6 Å². The van der Waals surface area contributed by atoms with Crippen molar-refractivity contribution in [2.45, 2.75) is 57.7 Å². The monoisotopic (exact) mass is 489 g/mol. The number of alkyl halides is 3. The van der Waals surface area contributed by atoms with E-state index in [9.17, 15) is 22.8 Å². The van der Waals surface area contributed by atoms with Crippen molar-refractivity contribution in [3.05, 3.63) is 39.8 Å². The Morgan fingerprint density at radius 3 is 2.42 bits per heavy atom. The molecule has 1 fully saturated rings. The van der Waals surface area contributed by atoms with Crippen LogP contribution in [0.25, 0.3) is 0 Å². The van der Waals surface area contributed by atoms with Gasteiger partial charge in [-0.2, -0.15) is 13.2 Å². The van der Waals surface area contributed by atoms with E-state index < -0.39 is 18.2 Å². The van der Waals surface area contributed by atoms with Gasteiger partial charge in [-0.15, -0.1) is 11.3 Å². The van der Waals surface area contributed by atoms with Crippen molar-refractivity contribution in [3.8, 4) is 5.75 Å². The molecule has 33 heavy (non-hydrogen) atoms. The summed E-state index contributed by atoms with van der Waals surface area (Å²) in [5.74, 6) is -1.96. The highest BCUT2D eigenvalue weighted by atomic mass is 32.1. The summed E-state index contributed by atoms with van der Waals surface area (Å²) in [6, 6.07) is 2.70. The molecule has 2 aromatic heterocycles. The number of carboxylic acid groups (broad SMARTS) is 1. The molecular weight excluding hydrogens is 463 g/mol. The first-order chi connectivity index (χ1) is 15.5. The lowest BCUT2D eigenvalue weighted by Gasteiger charge is -2.28. The van der Waals surface area contributed by atoms with Crippen LogP contribution in [0.15, 0.2) is 28.5 Å². The number of aromatic nitrogens is 2. The highest BCUT2D eigenvalue weighted by Crippen LogP contribution is 2.32. The molecule has 0 bridgehead atoms. The number of anilines is 1. The Hall–Kier alpha value is -2.89.